The normalized spacial score (nSPS) is 17.1. The predicted octanol–water partition coefficient (Wildman–Crippen LogP) is 3.09. The van der Waals surface area contributed by atoms with Crippen LogP contribution in [0.1, 0.15) is 24.1 Å². The summed E-state index contributed by atoms with van der Waals surface area (Å²) in [7, 11) is 6.10. The molecular weight excluding hydrogens is 453 g/mol. The van der Waals surface area contributed by atoms with Crippen molar-refractivity contribution >= 4 is 54.2 Å². The van der Waals surface area contributed by atoms with E-state index in [1.165, 1.54) is 23.0 Å². The van der Waals surface area contributed by atoms with Crippen LogP contribution >= 0.6 is 23.4 Å². The zero-order valence-electron chi connectivity index (χ0n) is 17.9. The second-order valence-electron chi connectivity index (χ2n) is 8.84. The van der Waals surface area contributed by atoms with Crippen LogP contribution in [0, 0.1) is 5.41 Å². The number of rotatable bonds is 3. The smallest absolute Gasteiger partial charge is 0.211 e. The van der Waals surface area contributed by atoms with E-state index >= 15 is 0 Å². The van der Waals surface area contributed by atoms with E-state index in [9.17, 15) is 0 Å². The lowest BCUT2D eigenvalue weighted by atomic mass is 9.76. The fraction of sp³-hybridized carbons (Fsp3) is 0.304. The average molecular weight is 474 g/mol. The molecule has 1 spiro atoms. The number of pyridine rings is 2. The van der Waals surface area contributed by atoms with Crippen molar-refractivity contribution < 1.29 is 0 Å². The van der Waals surface area contributed by atoms with Gasteiger partial charge in [0.15, 0.2) is 5.65 Å². The Morgan fingerprint density at radius 2 is 1.91 bits per heavy atom. The highest BCUT2D eigenvalue weighted by atomic mass is 35.5. The summed E-state index contributed by atoms with van der Waals surface area (Å²) >= 11 is 7.81. The van der Waals surface area contributed by atoms with Crippen LogP contribution in [0.15, 0.2) is 52.8 Å². The molecule has 2 radical (unpaired) electrons. The predicted molar refractivity (Wildman–Crippen MR) is 132 cm³/mol. The van der Waals surface area contributed by atoms with Crippen LogP contribution in [0.3, 0.4) is 0 Å². The Bertz CT molecular complexity index is 1340. The highest BCUT2D eigenvalue weighted by Crippen LogP contribution is 2.44. The van der Waals surface area contributed by atoms with E-state index in [1.54, 1.807) is 6.20 Å². The molecule has 164 valence electrons. The number of nitrogen functional groups attached to an aromatic ring is 1. The summed E-state index contributed by atoms with van der Waals surface area (Å²) in [5, 5.41) is 0.428. The van der Waals surface area contributed by atoms with Crippen molar-refractivity contribution in [3.05, 3.63) is 59.3 Å². The molecule has 0 aromatic carbocycles. The number of aromatic nitrogens is 5. The van der Waals surface area contributed by atoms with Crippen molar-refractivity contribution in [3.8, 4) is 0 Å². The summed E-state index contributed by atoms with van der Waals surface area (Å²) in [6, 6.07) is 6.10. The van der Waals surface area contributed by atoms with Gasteiger partial charge in [0.1, 0.15) is 13.7 Å². The second-order valence-corrected chi connectivity index (χ2v) is 10.3. The lowest BCUT2D eigenvalue weighted by Gasteiger charge is -2.39. The monoisotopic (exact) mass is 473 g/mol. The zero-order valence-corrected chi connectivity index (χ0v) is 19.5. The van der Waals surface area contributed by atoms with E-state index in [1.807, 2.05) is 35.1 Å². The van der Waals surface area contributed by atoms with Gasteiger partial charge in [-0.05, 0) is 48.8 Å². The van der Waals surface area contributed by atoms with E-state index in [0.717, 1.165) is 60.2 Å². The first-order chi connectivity index (χ1) is 16.0. The zero-order chi connectivity index (χ0) is 22.6. The van der Waals surface area contributed by atoms with Crippen LogP contribution < -0.4 is 16.2 Å². The molecule has 10 heteroatoms. The molecule has 6 rings (SSSR count). The third kappa shape index (κ3) is 3.63. The number of hydrogen-bond donors (Lipinski definition) is 1. The molecule has 0 amide bonds. The maximum Gasteiger partial charge on any atom is 0.211 e. The van der Waals surface area contributed by atoms with Gasteiger partial charge in [-0.1, -0.05) is 29.4 Å². The van der Waals surface area contributed by atoms with Gasteiger partial charge in [-0.2, -0.15) is 0 Å². The maximum atomic E-state index is 6.35. The molecule has 1 aliphatic heterocycles. The molecule has 4 aromatic rings. The van der Waals surface area contributed by atoms with Crippen LogP contribution in [-0.2, 0) is 12.8 Å². The third-order valence-electron chi connectivity index (χ3n) is 6.76. The number of nitrogens with zero attached hydrogens (tertiary/aromatic N) is 6. The van der Waals surface area contributed by atoms with Crippen molar-refractivity contribution in [2.45, 2.75) is 35.5 Å². The van der Waals surface area contributed by atoms with Crippen LogP contribution in [-0.4, -0.2) is 45.3 Å². The molecule has 2 N–H and O–H groups in total. The minimum atomic E-state index is 0.302. The molecule has 7 nitrogen and oxygen atoms in total. The molecular formula is C23H21BClN7S. The van der Waals surface area contributed by atoms with Crippen LogP contribution in [0.2, 0.25) is 5.02 Å². The quantitative estimate of drug-likeness (QED) is 0.458. The number of imidazole rings is 1. The Balaban J connectivity index is 1.27. The van der Waals surface area contributed by atoms with Gasteiger partial charge in [0.25, 0.3) is 0 Å². The second kappa shape index (κ2) is 7.92. The molecule has 0 unspecified atom stereocenters. The molecule has 1 fully saturated rings. The van der Waals surface area contributed by atoms with E-state index in [0.29, 0.717) is 21.8 Å². The summed E-state index contributed by atoms with van der Waals surface area (Å²) in [6.07, 6.45) is 11.6. The highest BCUT2D eigenvalue weighted by Gasteiger charge is 2.41. The van der Waals surface area contributed by atoms with Gasteiger partial charge in [0.05, 0.1) is 9.92 Å². The van der Waals surface area contributed by atoms with Gasteiger partial charge in [-0.3, -0.25) is 9.38 Å². The largest absolute Gasteiger partial charge is 0.382 e. The molecule has 5 heterocycles. The van der Waals surface area contributed by atoms with Crippen LogP contribution in [0.25, 0.3) is 5.65 Å². The Kier molecular flexibility index (Phi) is 4.99. The Hall–Kier alpha value is -2.78. The van der Waals surface area contributed by atoms with Crippen LogP contribution in [0.4, 0.5) is 11.8 Å². The molecule has 0 atom stereocenters. The Labute approximate surface area is 202 Å². The Morgan fingerprint density at radius 3 is 2.73 bits per heavy atom. The summed E-state index contributed by atoms with van der Waals surface area (Å²) in [4.78, 5) is 22.0. The van der Waals surface area contributed by atoms with Gasteiger partial charge >= 0.3 is 0 Å². The fourth-order valence-electron chi connectivity index (χ4n) is 5.05. The van der Waals surface area contributed by atoms with Crippen molar-refractivity contribution in [1.29, 1.82) is 0 Å². The molecule has 2 aliphatic rings. The van der Waals surface area contributed by atoms with Gasteiger partial charge in [0, 0.05) is 54.1 Å². The first kappa shape index (κ1) is 20.8. The van der Waals surface area contributed by atoms with Gasteiger partial charge in [-0.25, -0.2) is 15.0 Å². The SMILES string of the molecule is [B]c1cn2c(N3CCC4(CC3)Cc3cccnc3C4)ncc(Sc3ccnc(N)c3Cl)c2n1. The molecule has 4 aromatic heterocycles. The molecule has 0 bridgehead atoms. The Morgan fingerprint density at radius 1 is 1.06 bits per heavy atom. The first-order valence-electron chi connectivity index (χ1n) is 10.9. The van der Waals surface area contributed by atoms with Gasteiger partial charge < -0.3 is 10.6 Å². The standard InChI is InChI=1S/C23H21BClN7S/c24-18-13-32-21(30-18)17(33-16-3-7-28-20(26)19(16)25)12-29-22(32)31-8-4-23(5-9-31)10-14-2-1-6-27-15(14)11-23/h1-3,6-7,12-13H,4-5,8-11H2,(H2,26,28). The number of piperidine rings is 1. The minimum absolute atomic E-state index is 0.302. The van der Waals surface area contributed by atoms with Gasteiger partial charge in [0.2, 0.25) is 5.95 Å². The number of fused-ring (bicyclic) bond motifs is 2. The topological polar surface area (TPSA) is 85.2 Å². The number of hydrogen-bond acceptors (Lipinski definition) is 7. The summed E-state index contributed by atoms with van der Waals surface area (Å²) < 4.78 is 1.99. The average Bonchev–Trinajstić information content (AvgIpc) is 3.38. The number of nitrogens with two attached hydrogens (primary N) is 1. The number of anilines is 2. The summed E-state index contributed by atoms with van der Waals surface area (Å²) in [5.41, 5.74) is 10.1. The number of halogens is 1. The maximum absolute atomic E-state index is 6.35. The van der Waals surface area contributed by atoms with Crippen LogP contribution in [0.5, 0.6) is 0 Å². The molecule has 33 heavy (non-hydrogen) atoms. The minimum Gasteiger partial charge on any atom is -0.382 e. The van der Waals surface area contributed by atoms with E-state index in [2.05, 4.69) is 25.9 Å². The van der Waals surface area contributed by atoms with Gasteiger partial charge in [-0.15, -0.1) is 0 Å². The molecule has 0 saturated carbocycles. The van der Waals surface area contributed by atoms with E-state index in [-0.39, 0.29) is 0 Å². The summed E-state index contributed by atoms with van der Waals surface area (Å²) in [6.45, 7) is 1.88. The summed E-state index contributed by atoms with van der Waals surface area (Å²) in [5.74, 6) is 1.17. The van der Waals surface area contributed by atoms with Crippen molar-refractivity contribution in [2.75, 3.05) is 23.7 Å². The third-order valence-corrected chi connectivity index (χ3v) is 8.33. The molecule has 1 aliphatic carbocycles. The van der Waals surface area contributed by atoms with Crippen molar-refractivity contribution in [3.63, 3.8) is 0 Å². The van der Waals surface area contributed by atoms with E-state index < -0.39 is 0 Å². The highest BCUT2D eigenvalue weighted by molar-refractivity contribution is 7.99. The lowest BCUT2D eigenvalue weighted by Crippen LogP contribution is -2.41. The molecule has 1 saturated heterocycles. The van der Waals surface area contributed by atoms with E-state index in [4.69, 9.17) is 30.2 Å². The lowest BCUT2D eigenvalue weighted by molar-refractivity contribution is 0.230. The fourth-order valence-corrected chi connectivity index (χ4v) is 6.18. The van der Waals surface area contributed by atoms with Crippen molar-refractivity contribution in [2.24, 2.45) is 5.41 Å². The first-order valence-corrected chi connectivity index (χ1v) is 12.1. The van der Waals surface area contributed by atoms with Crippen molar-refractivity contribution in [1.82, 2.24) is 24.3 Å².